The van der Waals surface area contributed by atoms with Crippen LogP contribution in [0.15, 0.2) is 23.1 Å². The van der Waals surface area contributed by atoms with Crippen LogP contribution in [0, 0.1) is 0 Å². The fourth-order valence-electron chi connectivity index (χ4n) is 3.60. The molecule has 1 saturated heterocycles. The van der Waals surface area contributed by atoms with Gasteiger partial charge < -0.3 is 10.0 Å². The van der Waals surface area contributed by atoms with Crippen molar-refractivity contribution in [2.45, 2.75) is 55.9 Å². The number of benzene rings is 1. The Kier molecular flexibility index (Phi) is 5.10. The van der Waals surface area contributed by atoms with Gasteiger partial charge in [-0.05, 0) is 50.3 Å². The molecular weight excluding hydrogens is 328 g/mol. The van der Waals surface area contributed by atoms with E-state index in [0.29, 0.717) is 5.69 Å². The second-order valence-electron chi connectivity index (χ2n) is 6.63. The summed E-state index contributed by atoms with van der Waals surface area (Å²) in [5.74, 6) is -1.09. The summed E-state index contributed by atoms with van der Waals surface area (Å²) >= 11 is 0. The van der Waals surface area contributed by atoms with Crippen molar-refractivity contribution in [3.8, 4) is 0 Å². The molecule has 1 saturated carbocycles. The first-order chi connectivity index (χ1) is 11.5. The molecule has 0 radical (unpaired) electrons. The number of hydrogen-bond donors (Lipinski definition) is 2. The average molecular weight is 352 g/mol. The summed E-state index contributed by atoms with van der Waals surface area (Å²) in [6, 6.07) is 4.42. The third kappa shape index (κ3) is 3.72. The molecule has 1 aromatic carbocycles. The van der Waals surface area contributed by atoms with Crippen molar-refractivity contribution in [3.63, 3.8) is 0 Å². The number of carbonyl (C=O) groups is 1. The molecule has 0 amide bonds. The van der Waals surface area contributed by atoms with Gasteiger partial charge in [0, 0.05) is 19.1 Å². The molecule has 24 heavy (non-hydrogen) atoms. The summed E-state index contributed by atoms with van der Waals surface area (Å²) in [7, 11) is -3.68. The van der Waals surface area contributed by atoms with Crippen molar-refractivity contribution in [3.05, 3.63) is 23.8 Å². The Morgan fingerprint density at radius 1 is 1.08 bits per heavy atom. The van der Waals surface area contributed by atoms with Crippen LogP contribution in [0.3, 0.4) is 0 Å². The normalized spacial score (nSPS) is 19.6. The summed E-state index contributed by atoms with van der Waals surface area (Å²) in [5.41, 5.74) is 0.674. The van der Waals surface area contributed by atoms with Crippen LogP contribution >= 0.6 is 0 Å². The van der Waals surface area contributed by atoms with Crippen molar-refractivity contribution in [1.82, 2.24) is 4.72 Å². The van der Waals surface area contributed by atoms with Crippen LogP contribution < -0.4 is 9.62 Å². The quantitative estimate of drug-likeness (QED) is 0.850. The van der Waals surface area contributed by atoms with Gasteiger partial charge in [-0.1, -0.05) is 12.8 Å². The zero-order chi connectivity index (χ0) is 17.2. The number of sulfonamides is 1. The predicted octanol–water partition coefficient (Wildman–Crippen LogP) is 2.60. The van der Waals surface area contributed by atoms with Crippen LogP contribution in [0.25, 0.3) is 0 Å². The van der Waals surface area contributed by atoms with E-state index < -0.39 is 16.0 Å². The number of carboxylic acids is 1. The number of nitrogens with zero attached hydrogens (tertiary/aromatic N) is 1. The van der Waals surface area contributed by atoms with Gasteiger partial charge in [0.25, 0.3) is 0 Å². The number of aromatic carboxylic acids is 1. The maximum atomic E-state index is 12.5. The Bertz CT molecular complexity index is 705. The minimum atomic E-state index is -3.68. The molecule has 2 N–H and O–H groups in total. The predicted molar refractivity (Wildman–Crippen MR) is 92.0 cm³/mol. The van der Waals surface area contributed by atoms with Crippen molar-refractivity contribution >= 4 is 21.7 Å². The number of carboxylic acid groups (broad SMARTS) is 1. The van der Waals surface area contributed by atoms with Crippen LogP contribution in [0.1, 0.15) is 55.3 Å². The van der Waals surface area contributed by atoms with Gasteiger partial charge >= 0.3 is 5.97 Å². The van der Waals surface area contributed by atoms with E-state index in [-0.39, 0.29) is 16.5 Å². The zero-order valence-electron chi connectivity index (χ0n) is 13.7. The molecule has 1 heterocycles. The van der Waals surface area contributed by atoms with E-state index in [1.165, 1.54) is 12.1 Å². The number of rotatable bonds is 5. The lowest BCUT2D eigenvalue weighted by Gasteiger charge is -2.30. The van der Waals surface area contributed by atoms with Gasteiger partial charge in [0.1, 0.15) is 0 Å². The van der Waals surface area contributed by atoms with Crippen LogP contribution in [0.4, 0.5) is 5.69 Å². The number of hydrogen-bond acceptors (Lipinski definition) is 4. The lowest BCUT2D eigenvalue weighted by molar-refractivity contribution is 0.0697. The Balaban J connectivity index is 1.89. The van der Waals surface area contributed by atoms with Gasteiger partial charge in [-0.2, -0.15) is 0 Å². The van der Waals surface area contributed by atoms with E-state index in [1.807, 2.05) is 4.90 Å². The molecule has 0 atom stereocenters. The van der Waals surface area contributed by atoms with E-state index in [0.717, 1.165) is 58.0 Å². The van der Waals surface area contributed by atoms with Gasteiger partial charge in [0.05, 0.1) is 16.1 Å². The molecule has 0 aromatic heterocycles. The number of nitrogens with one attached hydrogen (secondary N) is 1. The monoisotopic (exact) mass is 352 g/mol. The van der Waals surface area contributed by atoms with Crippen molar-refractivity contribution in [1.29, 1.82) is 0 Å². The first kappa shape index (κ1) is 17.2. The van der Waals surface area contributed by atoms with Gasteiger partial charge in [-0.3, -0.25) is 0 Å². The van der Waals surface area contributed by atoms with Crippen LogP contribution in [-0.4, -0.2) is 38.6 Å². The van der Waals surface area contributed by atoms with Gasteiger partial charge in [0.15, 0.2) is 0 Å². The van der Waals surface area contributed by atoms with E-state index in [9.17, 15) is 18.3 Å². The molecule has 1 aromatic rings. The Labute approximate surface area is 142 Å². The zero-order valence-corrected chi connectivity index (χ0v) is 14.5. The Morgan fingerprint density at radius 3 is 2.38 bits per heavy atom. The fourth-order valence-corrected chi connectivity index (χ4v) is 4.93. The Hall–Kier alpha value is -1.60. The molecule has 1 aliphatic heterocycles. The minimum absolute atomic E-state index is 0.0348. The lowest BCUT2D eigenvalue weighted by atomic mass is 10.1. The van der Waals surface area contributed by atoms with Crippen LogP contribution in [-0.2, 0) is 10.0 Å². The number of anilines is 1. The minimum Gasteiger partial charge on any atom is -0.478 e. The van der Waals surface area contributed by atoms with Gasteiger partial charge in [0.2, 0.25) is 10.0 Å². The van der Waals surface area contributed by atoms with Crippen molar-refractivity contribution in [2.24, 2.45) is 0 Å². The molecule has 7 heteroatoms. The molecule has 6 nitrogen and oxygen atoms in total. The highest BCUT2D eigenvalue weighted by Gasteiger charge is 2.25. The van der Waals surface area contributed by atoms with Gasteiger partial charge in [-0.15, -0.1) is 0 Å². The number of piperidine rings is 1. The average Bonchev–Trinajstić information content (AvgIpc) is 3.07. The van der Waals surface area contributed by atoms with E-state index in [4.69, 9.17) is 0 Å². The second-order valence-corrected chi connectivity index (χ2v) is 8.35. The third-order valence-corrected chi connectivity index (χ3v) is 6.40. The second kappa shape index (κ2) is 7.11. The molecule has 3 rings (SSSR count). The first-order valence-corrected chi connectivity index (χ1v) is 10.1. The largest absolute Gasteiger partial charge is 0.478 e. The van der Waals surface area contributed by atoms with Crippen LogP contribution in [0.5, 0.6) is 0 Å². The summed E-state index contributed by atoms with van der Waals surface area (Å²) in [4.78, 5) is 13.7. The molecule has 0 bridgehead atoms. The first-order valence-electron chi connectivity index (χ1n) is 8.62. The summed E-state index contributed by atoms with van der Waals surface area (Å²) in [6.07, 6.45) is 6.96. The molecule has 1 aliphatic carbocycles. The highest BCUT2D eigenvalue weighted by molar-refractivity contribution is 7.89. The summed E-state index contributed by atoms with van der Waals surface area (Å²) < 4.78 is 27.8. The highest BCUT2D eigenvalue weighted by atomic mass is 32.2. The Morgan fingerprint density at radius 2 is 1.75 bits per heavy atom. The van der Waals surface area contributed by atoms with Crippen molar-refractivity contribution in [2.75, 3.05) is 18.0 Å². The fraction of sp³-hybridized carbons (Fsp3) is 0.588. The molecular formula is C17H24N2O4S. The topological polar surface area (TPSA) is 86.7 Å². The smallest absolute Gasteiger partial charge is 0.337 e. The maximum Gasteiger partial charge on any atom is 0.337 e. The SMILES string of the molecule is O=C(O)c1cc(S(=O)(=O)NC2CCCC2)ccc1N1CCCCC1. The lowest BCUT2D eigenvalue weighted by Crippen LogP contribution is -2.33. The van der Waals surface area contributed by atoms with Crippen molar-refractivity contribution < 1.29 is 18.3 Å². The molecule has 2 aliphatic rings. The molecule has 2 fully saturated rings. The summed E-state index contributed by atoms with van der Waals surface area (Å²) in [5, 5.41) is 9.53. The van der Waals surface area contributed by atoms with Crippen LogP contribution in [0.2, 0.25) is 0 Å². The van der Waals surface area contributed by atoms with E-state index in [1.54, 1.807) is 6.07 Å². The molecule has 0 unspecified atom stereocenters. The highest BCUT2D eigenvalue weighted by Crippen LogP contribution is 2.28. The summed E-state index contributed by atoms with van der Waals surface area (Å²) in [6.45, 7) is 1.62. The molecule has 0 spiro atoms. The molecule has 132 valence electrons. The van der Waals surface area contributed by atoms with E-state index >= 15 is 0 Å². The third-order valence-electron chi connectivity index (χ3n) is 4.88. The maximum absolute atomic E-state index is 12.5. The van der Waals surface area contributed by atoms with E-state index in [2.05, 4.69) is 4.72 Å². The van der Waals surface area contributed by atoms with Gasteiger partial charge in [-0.25, -0.2) is 17.9 Å². The standard InChI is InChI=1S/C17H24N2O4S/c20-17(21)15-12-14(24(22,23)18-13-6-2-3-7-13)8-9-16(15)19-10-4-1-5-11-19/h8-9,12-13,18H,1-7,10-11H2,(H,20,21).